The molecule has 4 aliphatic rings. The van der Waals surface area contributed by atoms with Gasteiger partial charge in [0.15, 0.2) is 0 Å². The molecule has 4 fully saturated rings. The lowest BCUT2D eigenvalue weighted by Crippen LogP contribution is -2.57. The van der Waals surface area contributed by atoms with E-state index in [1.807, 2.05) is 0 Å². The largest absolute Gasteiger partial charge is 0.385 e. The lowest BCUT2D eigenvalue weighted by molar-refractivity contribution is -0.158. The van der Waals surface area contributed by atoms with Crippen LogP contribution in [0.15, 0.2) is 12.7 Å². The van der Waals surface area contributed by atoms with Gasteiger partial charge in [-0.3, -0.25) is 4.79 Å². The van der Waals surface area contributed by atoms with Gasteiger partial charge in [-0.1, -0.05) is 13.0 Å². The number of aliphatic hydroxyl groups is 1. The van der Waals surface area contributed by atoms with Crippen molar-refractivity contribution in [1.82, 2.24) is 0 Å². The maximum Gasteiger partial charge on any atom is 0.133 e. The number of ketones is 1. The summed E-state index contributed by atoms with van der Waals surface area (Å²) in [5.74, 6) is 2.02. The van der Waals surface area contributed by atoms with E-state index < -0.39 is 5.60 Å². The SMILES string of the molecule is C=C[C@]1(O)CC[C@H]2[C@@H]3CC[C@H]4CC(=O)CC[C@]4(C=O)[C@H]3CC[C@@]21C. The molecule has 3 heteroatoms. The second-order valence-corrected chi connectivity index (χ2v) is 9.25. The van der Waals surface area contributed by atoms with Crippen molar-refractivity contribution in [3.63, 3.8) is 0 Å². The summed E-state index contributed by atoms with van der Waals surface area (Å²) in [6.45, 7) is 6.16. The van der Waals surface area contributed by atoms with Crippen LogP contribution >= 0.6 is 0 Å². The highest BCUT2D eigenvalue weighted by Crippen LogP contribution is 2.67. The molecular weight excluding hydrogens is 300 g/mol. The van der Waals surface area contributed by atoms with Crippen molar-refractivity contribution in [2.75, 3.05) is 0 Å². The minimum atomic E-state index is -0.754. The number of fused-ring (bicyclic) bond motifs is 5. The molecular formula is C21H30O3. The van der Waals surface area contributed by atoms with Crippen molar-refractivity contribution in [3.05, 3.63) is 12.7 Å². The number of aldehydes is 1. The van der Waals surface area contributed by atoms with Crippen molar-refractivity contribution in [2.24, 2.45) is 34.5 Å². The molecule has 0 amide bonds. The molecule has 4 rings (SSSR count). The maximum atomic E-state index is 12.3. The zero-order valence-corrected chi connectivity index (χ0v) is 14.8. The van der Waals surface area contributed by atoms with Crippen molar-refractivity contribution in [3.8, 4) is 0 Å². The third kappa shape index (κ3) is 1.88. The van der Waals surface area contributed by atoms with Gasteiger partial charge in [-0.05, 0) is 68.6 Å². The van der Waals surface area contributed by atoms with Gasteiger partial charge in [0.2, 0.25) is 0 Å². The predicted molar refractivity (Wildman–Crippen MR) is 92.3 cm³/mol. The molecule has 0 aromatic rings. The summed E-state index contributed by atoms with van der Waals surface area (Å²) in [5.41, 5.74) is -1.12. The second-order valence-electron chi connectivity index (χ2n) is 9.25. The van der Waals surface area contributed by atoms with E-state index in [1.165, 1.54) is 6.29 Å². The molecule has 132 valence electrons. The minimum absolute atomic E-state index is 0.0999. The first-order valence-corrected chi connectivity index (χ1v) is 9.74. The number of carbonyl (C=O) groups is 2. The Labute approximate surface area is 144 Å². The first-order chi connectivity index (χ1) is 11.4. The van der Waals surface area contributed by atoms with Crippen LogP contribution in [0, 0.1) is 34.5 Å². The molecule has 0 spiro atoms. The number of hydrogen-bond donors (Lipinski definition) is 1. The number of Topliss-reactive ketones (excluding diaryl/α,β-unsaturated/α-hetero) is 1. The fourth-order valence-corrected chi connectivity index (χ4v) is 7.37. The van der Waals surface area contributed by atoms with Crippen LogP contribution in [0.2, 0.25) is 0 Å². The highest BCUT2D eigenvalue weighted by molar-refractivity contribution is 5.82. The topological polar surface area (TPSA) is 54.4 Å². The van der Waals surface area contributed by atoms with Gasteiger partial charge < -0.3 is 9.90 Å². The number of rotatable bonds is 2. The Morgan fingerprint density at radius 3 is 2.58 bits per heavy atom. The van der Waals surface area contributed by atoms with Crippen LogP contribution in [0.4, 0.5) is 0 Å². The van der Waals surface area contributed by atoms with Crippen molar-refractivity contribution < 1.29 is 14.7 Å². The summed E-state index contributed by atoms with van der Waals surface area (Å²) >= 11 is 0. The Hall–Kier alpha value is -0.960. The quantitative estimate of drug-likeness (QED) is 0.620. The first-order valence-electron chi connectivity index (χ1n) is 9.74. The fraction of sp³-hybridized carbons (Fsp3) is 0.810. The smallest absolute Gasteiger partial charge is 0.133 e. The third-order valence-corrected chi connectivity index (χ3v) is 8.82. The molecule has 1 N–H and O–H groups in total. The van der Waals surface area contributed by atoms with E-state index in [0.29, 0.717) is 36.4 Å². The van der Waals surface area contributed by atoms with E-state index in [2.05, 4.69) is 13.5 Å². The standard InChI is InChI=1S/C21H30O3/c1-3-21(24)11-8-17-16-5-4-14-12-15(23)6-10-20(14,13-22)18(16)7-9-19(17,21)2/h3,13-14,16-18,24H,1,4-12H2,2H3/t14-,16-,17-,18-,19-,20+,21-/m0/s1. The van der Waals surface area contributed by atoms with Gasteiger partial charge in [-0.15, -0.1) is 6.58 Å². The summed E-state index contributed by atoms with van der Waals surface area (Å²) < 4.78 is 0. The lowest BCUT2D eigenvalue weighted by Gasteiger charge is -2.60. The molecule has 7 atom stereocenters. The molecule has 0 unspecified atom stereocenters. The third-order valence-electron chi connectivity index (χ3n) is 8.82. The van der Waals surface area contributed by atoms with E-state index in [1.54, 1.807) is 6.08 Å². The molecule has 0 aliphatic heterocycles. The zero-order chi connectivity index (χ0) is 17.2. The summed E-state index contributed by atoms with van der Waals surface area (Å²) in [5, 5.41) is 11.1. The van der Waals surface area contributed by atoms with Crippen LogP contribution in [-0.2, 0) is 9.59 Å². The van der Waals surface area contributed by atoms with Gasteiger partial charge in [0.1, 0.15) is 12.1 Å². The van der Waals surface area contributed by atoms with Crippen LogP contribution < -0.4 is 0 Å². The molecule has 0 heterocycles. The Morgan fingerprint density at radius 2 is 1.88 bits per heavy atom. The Bertz CT molecular complexity index is 584. The van der Waals surface area contributed by atoms with Crippen LogP contribution in [0.3, 0.4) is 0 Å². The van der Waals surface area contributed by atoms with E-state index >= 15 is 0 Å². The monoisotopic (exact) mass is 330 g/mol. The molecule has 0 bridgehead atoms. The van der Waals surface area contributed by atoms with Gasteiger partial charge >= 0.3 is 0 Å². The summed E-state index contributed by atoms with van der Waals surface area (Å²) in [6.07, 6.45) is 10.9. The van der Waals surface area contributed by atoms with Gasteiger partial charge in [0, 0.05) is 23.7 Å². The lowest BCUT2D eigenvalue weighted by atomic mass is 9.44. The Balaban J connectivity index is 1.69. The van der Waals surface area contributed by atoms with E-state index in [-0.39, 0.29) is 16.7 Å². The Kier molecular flexibility index (Phi) is 3.62. The van der Waals surface area contributed by atoms with Crippen LogP contribution in [0.25, 0.3) is 0 Å². The maximum absolute atomic E-state index is 12.3. The number of carbonyl (C=O) groups excluding carboxylic acids is 2. The molecule has 0 aromatic carbocycles. The Morgan fingerprint density at radius 1 is 1.12 bits per heavy atom. The van der Waals surface area contributed by atoms with E-state index in [4.69, 9.17) is 0 Å². The highest BCUT2D eigenvalue weighted by atomic mass is 16.3. The van der Waals surface area contributed by atoms with Crippen molar-refractivity contribution in [1.29, 1.82) is 0 Å². The normalized spacial score (nSPS) is 53.7. The predicted octanol–water partition coefficient (Wildman–Crippen LogP) is 3.69. The highest BCUT2D eigenvalue weighted by Gasteiger charge is 2.64. The average molecular weight is 330 g/mol. The van der Waals surface area contributed by atoms with Crippen LogP contribution in [-0.4, -0.2) is 22.8 Å². The molecule has 0 aromatic heterocycles. The molecule has 24 heavy (non-hydrogen) atoms. The zero-order valence-electron chi connectivity index (χ0n) is 14.8. The summed E-state index contributed by atoms with van der Waals surface area (Å²) in [4.78, 5) is 24.2. The van der Waals surface area contributed by atoms with Crippen LogP contribution in [0.5, 0.6) is 0 Å². The first kappa shape index (κ1) is 16.5. The van der Waals surface area contributed by atoms with Crippen LogP contribution in [0.1, 0.15) is 64.7 Å². The molecule has 3 nitrogen and oxygen atoms in total. The van der Waals surface area contributed by atoms with Gasteiger partial charge in [0.25, 0.3) is 0 Å². The van der Waals surface area contributed by atoms with Gasteiger partial charge in [0.05, 0.1) is 5.60 Å². The van der Waals surface area contributed by atoms with Gasteiger partial charge in [-0.2, -0.15) is 0 Å². The van der Waals surface area contributed by atoms with E-state index in [0.717, 1.165) is 44.9 Å². The molecule has 4 saturated carbocycles. The molecule has 0 radical (unpaired) electrons. The van der Waals surface area contributed by atoms with Crippen molar-refractivity contribution in [2.45, 2.75) is 70.3 Å². The minimum Gasteiger partial charge on any atom is -0.385 e. The molecule has 4 aliphatic carbocycles. The van der Waals surface area contributed by atoms with E-state index in [9.17, 15) is 14.7 Å². The van der Waals surface area contributed by atoms with Crippen molar-refractivity contribution >= 4 is 12.1 Å². The fourth-order valence-electron chi connectivity index (χ4n) is 7.37. The average Bonchev–Trinajstić information content (AvgIpc) is 2.86. The number of hydrogen-bond acceptors (Lipinski definition) is 3. The molecule has 0 saturated heterocycles. The summed E-state index contributed by atoms with van der Waals surface area (Å²) in [7, 11) is 0. The summed E-state index contributed by atoms with van der Waals surface area (Å²) in [6, 6.07) is 0. The van der Waals surface area contributed by atoms with Gasteiger partial charge in [-0.25, -0.2) is 0 Å². The second kappa shape index (κ2) is 5.27.